The van der Waals surface area contributed by atoms with Crippen LogP contribution in [0.5, 0.6) is 0 Å². The Morgan fingerprint density at radius 1 is 1.30 bits per heavy atom. The van der Waals surface area contributed by atoms with E-state index in [9.17, 15) is 0 Å². The molecule has 0 unspecified atom stereocenters. The van der Waals surface area contributed by atoms with Crippen LogP contribution in [0.1, 0.15) is 36.8 Å². The number of rotatable bonds is 4. The summed E-state index contributed by atoms with van der Waals surface area (Å²) in [6.07, 6.45) is 0. The van der Waals surface area contributed by atoms with Crippen molar-refractivity contribution in [1.29, 1.82) is 0 Å². The van der Waals surface area contributed by atoms with Gasteiger partial charge in [0.1, 0.15) is 10.5 Å². The molecule has 1 heterocycles. The van der Waals surface area contributed by atoms with Gasteiger partial charge in [-0.25, -0.2) is 4.98 Å². The normalized spacial score (nSPS) is 11.1. The predicted octanol–water partition coefficient (Wildman–Crippen LogP) is 5.63. The Bertz CT molecular complexity index is 648. The maximum absolute atomic E-state index is 5.31. The van der Waals surface area contributed by atoms with E-state index in [1.165, 1.54) is 10.5 Å². The molecule has 106 valence electrons. The Morgan fingerprint density at radius 2 is 1.95 bits per heavy atom. The standard InChI is InChI=1S/C15H17BrN2S2/c1-9(2)14-13(16)15(19)18-12(17-14)8-20-11-6-4-10(3)5-7-11/h4-7,9H,8H2,1-3H3,(H,17,18,19). The molecule has 2 nitrogen and oxygen atoms in total. The average molecular weight is 369 g/mol. The molecule has 0 bridgehead atoms. The Labute approximate surface area is 137 Å². The summed E-state index contributed by atoms with van der Waals surface area (Å²) in [6, 6.07) is 8.52. The lowest BCUT2D eigenvalue weighted by Crippen LogP contribution is -2.02. The number of hydrogen-bond acceptors (Lipinski definition) is 3. The summed E-state index contributed by atoms with van der Waals surface area (Å²) in [4.78, 5) is 9.07. The number of aromatic nitrogens is 2. The summed E-state index contributed by atoms with van der Waals surface area (Å²) in [5.41, 5.74) is 2.39. The lowest BCUT2D eigenvalue weighted by atomic mass is 10.1. The molecular weight excluding hydrogens is 352 g/mol. The van der Waals surface area contributed by atoms with Gasteiger partial charge in [0.15, 0.2) is 0 Å². The summed E-state index contributed by atoms with van der Waals surface area (Å²) in [7, 11) is 0. The third kappa shape index (κ3) is 3.93. The van der Waals surface area contributed by atoms with Crippen molar-refractivity contribution in [3.8, 4) is 0 Å². The molecule has 20 heavy (non-hydrogen) atoms. The molecular formula is C15H17BrN2S2. The van der Waals surface area contributed by atoms with Crippen LogP contribution >= 0.6 is 39.9 Å². The zero-order chi connectivity index (χ0) is 14.7. The van der Waals surface area contributed by atoms with Gasteiger partial charge >= 0.3 is 0 Å². The monoisotopic (exact) mass is 368 g/mol. The van der Waals surface area contributed by atoms with Crippen LogP contribution in [0.15, 0.2) is 33.6 Å². The first-order valence-corrected chi connectivity index (χ1v) is 8.64. The molecule has 0 aliphatic rings. The number of halogens is 1. The predicted molar refractivity (Wildman–Crippen MR) is 92.0 cm³/mol. The molecule has 0 fully saturated rings. The third-order valence-corrected chi connectivity index (χ3v) is 5.30. The molecule has 0 radical (unpaired) electrons. The molecule has 5 heteroatoms. The minimum atomic E-state index is 0.386. The lowest BCUT2D eigenvalue weighted by Gasteiger charge is -2.11. The fraction of sp³-hybridized carbons (Fsp3) is 0.333. The van der Waals surface area contributed by atoms with Gasteiger partial charge in [-0.3, -0.25) is 0 Å². The SMILES string of the molecule is Cc1ccc(SCc2nc(=S)c(Br)c(C(C)C)[nH]2)cc1. The number of aromatic amines is 1. The van der Waals surface area contributed by atoms with E-state index in [-0.39, 0.29) is 0 Å². The molecule has 1 aromatic heterocycles. The highest BCUT2D eigenvalue weighted by Crippen LogP contribution is 2.26. The quantitative estimate of drug-likeness (QED) is 0.560. The number of benzene rings is 1. The molecule has 0 saturated carbocycles. The topological polar surface area (TPSA) is 28.7 Å². The number of thioether (sulfide) groups is 1. The summed E-state index contributed by atoms with van der Waals surface area (Å²) in [5.74, 6) is 2.10. The highest BCUT2D eigenvalue weighted by atomic mass is 79.9. The molecule has 0 amide bonds. The third-order valence-electron chi connectivity index (χ3n) is 2.91. The highest BCUT2D eigenvalue weighted by Gasteiger charge is 2.10. The van der Waals surface area contributed by atoms with Crippen molar-refractivity contribution in [1.82, 2.24) is 9.97 Å². The van der Waals surface area contributed by atoms with E-state index < -0.39 is 0 Å². The zero-order valence-corrected chi connectivity index (χ0v) is 15.0. The average Bonchev–Trinajstić information content (AvgIpc) is 2.41. The smallest absolute Gasteiger partial charge is 0.144 e. The van der Waals surface area contributed by atoms with Crippen molar-refractivity contribution >= 4 is 39.9 Å². The van der Waals surface area contributed by atoms with Crippen LogP contribution in [-0.2, 0) is 5.75 Å². The van der Waals surface area contributed by atoms with E-state index in [1.54, 1.807) is 11.8 Å². The largest absolute Gasteiger partial charge is 0.345 e. The molecule has 0 atom stereocenters. The van der Waals surface area contributed by atoms with E-state index in [0.717, 1.165) is 21.7 Å². The fourth-order valence-electron chi connectivity index (χ4n) is 1.78. The van der Waals surface area contributed by atoms with Crippen molar-refractivity contribution in [2.75, 3.05) is 0 Å². The molecule has 0 aliphatic heterocycles. The Morgan fingerprint density at radius 3 is 2.55 bits per heavy atom. The van der Waals surface area contributed by atoms with Gasteiger partial charge in [0.05, 0.1) is 10.2 Å². The van der Waals surface area contributed by atoms with Crippen LogP contribution in [0.2, 0.25) is 0 Å². The number of hydrogen-bond donors (Lipinski definition) is 1. The van der Waals surface area contributed by atoms with Gasteiger partial charge in [0.2, 0.25) is 0 Å². The van der Waals surface area contributed by atoms with Gasteiger partial charge in [0, 0.05) is 10.6 Å². The van der Waals surface area contributed by atoms with Gasteiger partial charge in [-0.15, -0.1) is 11.8 Å². The Hall–Kier alpha value is -0.650. The van der Waals surface area contributed by atoms with Gasteiger partial charge in [-0.2, -0.15) is 0 Å². The van der Waals surface area contributed by atoms with Crippen molar-refractivity contribution in [3.05, 3.63) is 50.5 Å². The lowest BCUT2D eigenvalue weighted by molar-refractivity contribution is 0.788. The van der Waals surface area contributed by atoms with Crippen LogP contribution in [0.4, 0.5) is 0 Å². The number of H-pyrrole nitrogens is 1. The first-order valence-electron chi connectivity index (χ1n) is 6.45. The summed E-state index contributed by atoms with van der Waals surface area (Å²) < 4.78 is 1.54. The van der Waals surface area contributed by atoms with Crippen molar-refractivity contribution in [2.45, 2.75) is 37.3 Å². The van der Waals surface area contributed by atoms with Crippen LogP contribution in [0, 0.1) is 11.6 Å². The molecule has 2 rings (SSSR count). The van der Waals surface area contributed by atoms with Gasteiger partial charge in [0.25, 0.3) is 0 Å². The van der Waals surface area contributed by atoms with Gasteiger partial charge in [-0.1, -0.05) is 43.8 Å². The summed E-state index contributed by atoms with van der Waals surface area (Å²) in [5, 5.41) is 0. The number of nitrogens with one attached hydrogen (secondary N) is 1. The van der Waals surface area contributed by atoms with E-state index >= 15 is 0 Å². The summed E-state index contributed by atoms with van der Waals surface area (Å²) in [6.45, 7) is 6.38. The highest BCUT2D eigenvalue weighted by molar-refractivity contribution is 9.10. The second-order valence-corrected chi connectivity index (χ2v) is 7.20. The minimum absolute atomic E-state index is 0.386. The molecule has 1 N–H and O–H groups in total. The maximum Gasteiger partial charge on any atom is 0.144 e. The molecule has 1 aromatic carbocycles. The van der Waals surface area contributed by atoms with E-state index in [4.69, 9.17) is 12.2 Å². The second-order valence-electron chi connectivity index (χ2n) is 4.97. The number of nitrogens with zero attached hydrogens (tertiary/aromatic N) is 1. The van der Waals surface area contributed by atoms with Crippen LogP contribution < -0.4 is 0 Å². The Kier molecular flexibility index (Phi) is 5.41. The zero-order valence-electron chi connectivity index (χ0n) is 11.7. The van der Waals surface area contributed by atoms with Crippen molar-refractivity contribution < 1.29 is 0 Å². The van der Waals surface area contributed by atoms with Crippen molar-refractivity contribution in [2.24, 2.45) is 0 Å². The minimum Gasteiger partial charge on any atom is -0.345 e. The fourth-order valence-corrected chi connectivity index (χ4v) is 3.41. The maximum atomic E-state index is 5.31. The molecule has 0 aliphatic carbocycles. The Balaban J connectivity index is 2.17. The first-order chi connectivity index (χ1) is 9.47. The second kappa shape index (κ2) is 6.87. The van der Waals surface area contributed by atoms with E-state index in [2.05, 4.69) is 70.9 Å². The molecule has 2 aromatic rings. The van der Waals surface area contributed by atoms with Crippen LogP contribution in [0.3, 0.4) is 0 Å². The molecule has 0 saturated heterocycles. The van der Waals surface area contributed by atoms with Gasteiger partial charge < -0.3 is 4.98 Å². The van der Waals surface area contributed by atoms with E-state index in [0.29, 0.717) is 10.6 Å². The molecule has 0 spiro atoms. The van der Waals surface area contributed by atoms with Gasteiger partial charge in [-0.05, 0) is 40.9 Å². The number of aryl methyl sites for hydroxylation is 1. The summed E-state index contributed by atoms with van der Waals surface area (Å²) >= 11 is 10.6. The first kappa shape index (κ1) is 15.7. The van der Waals surface area contributed by atoms with Crippen LogP contribution in [-0.4, -0.2) is 9.97 Å². The van der Waals surface area contributed by atoms with Crippen molar-refractivity contribution in [3.63, 3.8) is 0 Å². The van der Waals surface area contributed by atoms with Crippen LogP contribution in [0.25, 0.3) is 0 Å². The van der Waals surface area contributed by atoms with E-state index in [1.807, 2.05) is 0 Å².